The van der Waals surface area contributed by atoms with Gasteiger partial charge in [-0.1, -0.05) is 57.9 Å². The number of aryl methyl sites for hydroxylation is 1. The molecule has 156 valence electrons. The number of carbonyl (C=O) groups is 1. The van der Waals surface area contributed by atoms with Crippen molar-refractivity contribution in [3.05, 3.63) is 93.4 Å². The number of rotatable bonds is 7. The van der Waals surface area contributed by atoms with Crippen molar-refractivity contribution >= 4 is 49.1 Å². The van der Waals surface area contributed by atoms with Crippen LogP contribution >= 0.6 is 27.5 Å². The number of nitrogens with zero attached hydrogens (tertiary/aromatic N) is 1. The number of hydrogen-bond acceptors (Lipinski definition) is 3. The molecular formula is C22H20BrClN2O3S. The summed E-state index contributed by atoms with van der Waals surface area (Å²) in [7, 11) is -3.92. The summed E-state index contributed by atoms with van der Waals surface area (Å²) in [6.07, 6.45) is 0. The average molecular weight is 508 g/mol. The lowest BCUT2D eigenvalue weighted by Gasteiger charge is -2.22. The van der Waals surface area contributed by atoms with E-state index in [2.05, 4.69) is 21.2 Å². The Kier molecular flexibility index (Phi) is 7.31. The number of carbonyl (C=O) groups excluding carboxylic acids is 1. The summed E-state index contributed by atoms with van der Waals surface area (Å²) in [6.45, 7) is 1.61. The molecule has 0 aliphatic carbocycles. The number of sulfonamides is 1. The van der Waals surface area contributed by atoms with E-state index in [0.29, 0.717) is 10.7 Å². The van der Waals surface area contributed by atoms with Gasteiger partial charge in [0.05, 0.1) is 11.4 Å². The van der Waals surface area contributed by atoms with Crippen molar-refractivity contribution in [1.29, 1.82) is 0 Å². The quantitative estimate of drug-likeness (QED) is 0.475. The van der Waals surface area contributed by atoms with Crippen LogP contribution in [0.4, 0.5) is 5.69 Å². The number of amides is 1. The highest BCUT2D eigenvalue weighted by atomic mass is 79.9. The standard InChI is InChI=1S/C22H20BrClN2O3S/c1-16-4-2-3-5-21(16)25-22(27)15-26(14-17-6-8-18(23)9-7-17)30(28,29)20-12-10-19(24)11-13-20/h2-13H,14-15H2,1H3,(H,25,27). The van der Waals surface area contributed by atoms with Crippen LogP contribution in [0.5, 0.6) is 0 Å². The topological polar surface area (TPSA) is 66.5 Å². The fourth-order valence-corrected chi connectivity index (χ4v) is 4.61. The predicted octanol–water partition coefficient (Wildman–Crippen LogP) is 5.24. The zero-order valence-corrected chi connectivity index (χ0v) is 19.3. The van der Waals surface area contributed by atoms with Gasteiger partial charge in [-0.25, -0.2) is 8.42 Å². The fraction of sp³-hybridized carbons (Fsp3) is 0.136. The third-order valence-electron chi connectivity index (χ3n) is 4.46. The summed E-state index contributed by atoms with van der Waals surface area (Å²) in [4.78, 5) is 12.8. The molecular weight excluding hydrogens is 488 g/mol. The minimum absolute atomic E-state index is 0.0550. The van der Waals surface area contributed by atoms with Crippen molar-refractivity contribution in [2.45, 2.75) is 18.4 Å². The van der Waals surface area contributed by atoms with E-state index in [9.17, 15) is 13.2 Å². The van der Waals surface area contributed by atoms with Gasteiger partial charge >= 0.3 is 0 Å². The number of nitrogens with one attached hydrogen (secondary N) is 1. The van der Waals surface area contributed by atoms with Gasteiger partial charge < -0.3 is 5.32 Å². The molecule has 0 aromatic heterocycles. The normalized spacial score (nSPS) is 11.5. The Bertz CT molecular complexity index is 1130. The largest absolute Gasteiger partial charge is 0.325 e. The van der Waals surface area contributed by atoms with Crippen LogP contribution in [-0.2, 0) is 21.4 Å². The van der Waals surface area contributed by atoms with Crippen molar-refractivity contribution in [3.63, 3.8) is 0 Å². The second kappa shape index (κ2) is 9.75. The lowest BCUT2D eigenvalue weighted by Crippen LogP contribution is -2.37. The van der Waals surface area contributed by atoms with E-state index in [-0.39, 0.29) is 18.0 Å². The lowest BCUT2D eigenvalue weighted by molar-refractivity contribution is -0.116. The molecule has 8 heteroatoms. The Hall–Kier alpha value is -2.19. The van der Waals surface area contributed by atoms with Crippen LogP contribution in [0.15, 0.2) is 82.2 Å². The molecule has 3 aromatic rings. The van der Waals surface area contributed by atoms with Crippen molar-refractivity contribution in [2.75, 3.05) is 11.9 Å². The maximum absolute atomic E-state index is 13.3. The molecule has 1 amide bonds. The van der Waals surface area contributed by atoms with E-state index in [1.807, 2.05) is 49.4 Å². The maximum Gasteiger partial charge on any atom is 0.243 e. The zero-order chi connectivity index (χ0) is 21.7. The molecule has 5 nitrogen and oxygen atoms in total. The third-order valence-corrected chi connectivity index (χ3v) is 7.05. The molecule has 0 unspecified atom stereocenters. The van der Waals surface area contributed by atoms with Gasteiger partial charge in [0.2, 0.25) is 15.9 Å². The average Bonchev–Trinajstić information content (AvgIpc) is 2.71. The Morgan fingerprint density at radius 1 is 1.00 bits per heavy atom. The van der Waals surface area contributed by atoms with E-state index in [1.54, 1.807) is 6.07 Å². The maximum atomic E-state index is 13.3. The smallest absolute Gasteiger partial charge is 0.243 e. The Labute approximate surface area is 189 Å². The van der Waals surface area contributed by atoms with Crippen LogP contribution in [0.25, 0.3) is 0 Å². The van der Waals surface area contributed by atoms with Crippen molar-refractivity contribution in [2.24, 2.45) is 0 Å². The van der Waals surface area contributed by atoms with Crippen LogP contribution in [0, 0.1) is 6.92 Å². The van der Waals surface area contributed by atoms with E-state index in [0.717, 1.165) is 19.9 Å². The van der Waals surface area contributed by atoms with Gasteiger partial charge in [0.1, 0.15) is 0 Å². The fourth-order valence-electron chi connectivity index (χ4n) is 2.84. The molecule has 0 saturated carbocycles. The minimum atomic E-state index is -3.92. The molecule has 0 bridgehead atoms. The number of anilines is 1. The van der Waals surface area contributed by atoms with Gasteiger partial charge in [0.25, 0.3) is 0 Å². The van der Waals surface area contributed by atoms with Crippen LogP contribution in [0.2, 0.25) is 5.02 Å². The second-order valence-corrected chi connectivity index (χ2v) is 10.0. The van der Waals surface area contributed by atoms with Crippen LogP contribution in [0.1, 0.15) is 11.1 Å². The molecule has 0 heterocycles. The van der Waals surface area contributed by atoms with Crippen LogP contribution in [-0.4, -0.2) is 25.2 Å². The van der Waals surface area contributed by atoms with E-state index in [4.69, 9.17) is 11.6 Å². The van der Waals surface area contributed by atoms with Crippen LogP contribution < -0.4 is 5.32 Å². The molecule has 3 aromatic carbocycles. The first-order chi connectivity index (χ1) is 14.3. The van der Waals surface area contributed by atoms with Gasteiger partial charge in [-0.2, -0.15) is 4.31 Å². The number of halogens is 2. The Morgan fingerprint density at radius 2 is 1.63 bits per heavy atom. The molecule has 1 N–H and O–H groups in total. The lowest BCUT2D eigenvalue weighted by atomic mass is 10.2. The zero-order valence-electron chi connectivity index (χ0n) is 16.2. The van der Waals surface area contributed by atoms with Gasteiger partial charge in [0, 0.05) is 21.7 Å². The van der Waals surface area contributed by atoms with Gasteiger partial charge in [-0.3, -0.25) is 4.79 Å². The van der Waals surface area contributed by atoms with Crippen molar-refractivity contribution in [3.8, 4) is 0 Å². The van der Waals surface area contributed by atoms with Crippen LogP contribution in [0.3, 0.4) is 0 Å². The number of para-hydroxylation sites is 1. The summed E-state index contributed by atoms with van der Waals surface area (Å²) in [5.41, 5.74) is 2.31. The summed E-state index contributed by atoms with van der Waals surface area (Å²) < 4.78 is 28.6. The van der Waals surface area contributed by atoms with Crippen molar-refractivity contribution in [1.82, 2.24) is 4.31 Å². The first-order valence-electron chi connectivity index (χ1n) is 9.11. The molecule has 0 spiro atoms. The highest BCUT2D eigenvalue weighted by Gasteiger charge is 2.27. The molecule has 30 heavy (non-hydrogen) atoms. The number of benzene rings is 3. The van der Waals surface area contributed by atoms with Gasteiger partial charge in [0.15, 0.2) is 0 Å². The summed E-state index contributed by atoms with van der Waals surface area (Å²) >= 11 is 9.27. The van der Waals surface area contributed by atoms with Crippen molar-refractivity contribution < 1.29 is 13.2 Å². The summed E-state index contributed by atoms with van der Waals surface area (Å²) in [6, 6.07) is 20.5. The predicted molar refractivity (Wildman–Crippen MR) is 123 cm³/mol. The summed E-state index contributed by atoms with van der Waals surface area (Å²) in [5, 5.41) is 3.23. The Morgan fingerprint density at radius 3 is 2.27 bits per heavy atom. The van der Waals surface area contributed by atoms with Gasteiger partial charge in [-0.15, -0.1) is 0 Å². The van der Waals surface area contributed by atoms with Gasteiger partial charge in [-0.05, 0) is 60.5 Å². The molecule has 3 rings (SSSR count). The highest BCUT2D eigenvalue weighted by molar-refractivity contribution is 9.10. The molecule has 0 aliphatic rings. The monoisotopic (exact) mass is 506 g/mol. The molecule has 0 saturated heterocycles. The SMILES string of the molecule is Cc1ccccc1NC(=O)CN(Cc1ccc(Br)cc1)S(=O)(=O)c1ccc(Cl)cc1. The molecule has 0 atom stereocenters. The minimum Gasteiger partial charge on any atom is -0.325 e. The first-order valence-corrected chi connectivity index (χ1v) is 11.7. The number of hydrogen-bond donors (Lipinski definition) is 1. The third kappa shape index (κ3) is 5.70. The molecule has 0 fully saturated rings. The van der Waals surface area contributed by atoms with E-state index in [1.165, 1.54) is 24.3 Å². The van der Waals surface area contributed by atoms with E-state index >= 15 is 0 Å². The first kappa shape index (κ1) is 22.5. The molecule has 0 aliphatic heterocycles. The highest BCUT2D eigenvalue weighted by Crippen LogP contribution is 2.22. The van der Waals surface area contributed by atoms with E-state index < -0.39 is 15.9 Å². The Balaban J connectivity index is 1.88. The second-order valence-electron chi connectivity index (χ2n) is 6.72. The summed E-state index contributed by atoms with van der Waals surface area (Å²) in [5.74, 6) is -0.418. The molecule has 0 radical (unpaired) electrons.